The Balaban J connectivity index is 1.85. The van der Waals surface area contributed by atoms with Crippen molar-refractivity contribution in [2.45, 2.75) is 6.42 Å². The lowest BCUT2D eigenvalue weighted by Gasteiger charge is -2.05. The molecule has 0 unspecified atom stereocenters. The predicted octanol–water partition coefficient (Wildman–Crippen LogP) is 1.42. The van der Waals surface area contributed by atoms with Crippen molar-refractivity contribution in [3.63, 3.8) is 0 Å². The number of nitrogens with one attached hydrogen (secondary N) is 1. The van der Waals surface area contributed by atoms with Crippen LogP contribution in [0.5, 0.6) is 5.75 Å². The Bertz CT molecular complexity index is 484. The van der Waals surface area contributed by atoms with Crippen molar-refractivity contribution in [2.24, 2.45) is 0 Å². The zero-order valence-electron chi connectivity index (χ0n) is 9.30. The molecule has 0 saturated carbocycles. The van der Waals surface area contributed by atoms with Crippen LogP contribution in [0.25, 0.3) is 0 Å². The molecule has 0 fully saturated rings. The van der Waals surface area contributed by atoms with E-state index in [9.17, 15) is 0 Å². The number of rotatable bonds is 4. The van der Waals surface area contributed by atoms with Crippen LogP contribution >= 0.6 is 0 Å². The molecular formula is C12H14N4O. The van der Waals surface area contributed by atoms with Gasteiger partial charge in [0.05, 0.1) is 0 Å². The first-order chi connectivity index (χ1) is 8.24. The molecule has 0 amide bonds. The lowest BCUT2D eigenvalue weighted by molar-refractivity contribution is 0.475. The van der Waals surface area contributed by atoms with Crippen LogP contribution in [0.3, 0.4) is 0 Å². The highest BCUT2D eigenvalue weighted by Gasteiger charge is 1.96. The van der Waals surface area contributed by atoms with Gasteiger partial charge in [0.15, 0.2) is 0 Å². The van der Waals surface area contributed by atoms with Gasteiger partial charge in [-0.1, -0.05) is 12.1 Å². The summed E-state index contributed by atoms with van der Waals surface area (Å²) in [5, 5.41) is 12.3. The normalized spacial score (nSPS) is 10.1. The molecule has 0 aliphatic carbocycles. The Morgan fingerprint density at radius 1 is 1.18 bits per heavy atom. The summed E-state index contributed by atoms with van der Waals surface area (Å²) >= 11 is 0. The summed E-state index contributed by atoms with van der Waals surface area (Å²) in [6, 6.07) is 8.84. The van der Waals surface area contributed by atoms with Gasteiger partial charge in [-0.25, -0.2) is 9.97 Å². The van der Waals surface area contributed by atoms with Gasteiger partial charge >= 0.3 is 0 Å². The van der Waals surface area contributed by atoms with E-state index in [0.29, 0.717) is 5.82 Å². The van der Waals surface area contributed by atoms with Gasteiger partial charge in [-0.3, -0.25) is 0 Å². The number of aromatic hydroxyl groups is 1. The SMILES string of the molecule is Nc1cc(NCCc2ccc(O)cc2)ncn1. The van der Waals surface area contributed by atoms with Crippen LogP contribution in [0.15, 0.2) is 36.7 Å². The first kappa shape index (κ1) is 11.2. The van der Waals surface area contributed by atoms with Gasteiger partial charge in [0.1, 0.15) is 23.7 Å². The Morgan fingerprint density at radius 3 is 2.65 bits per heavy atom. The number of phenolic OH excluding ortho intramolecular Hbond substituents is 1. The average Bonchev–Trinajstić information content (AvgIpc) is 2.32. The summed E-state index contributed by atoms with van der Waals surface area (Å²) < 4.78 is 0. The fraction of sp³-hybridized carbons (Fsp3) is 0.167. The van der Waals surface area contributed by atoms with E-state index >= 15 is 0 Å². The van der Waals surface area contributed by atoms with Gasteiger partial charge < -0.3 is 16.2 Å². The Kier molecular flexibility index (Phi) is 3.40. The third-order valence-corrected chi connectivity index (χ3v) is 2.34. The average molecular weight is 230 g/mol. The molecule has 0 atom stereocenters. The first-order valence-electron chi connectivity index (χ1n) is 5.33. The fourth-order valence-electron chi connectivity index (χ4n) is 1.47. The molecule has 0 bridgehead atoms. The molecule has 1 aromatic carbocycles. The van der Waals surface area contributed by atoms with Crippen LogP contribution in [0.2, 0.25) is 0 Å². The maximum atomic E-state index is 9.14. The van der Waals surface area contributed by atoms with Crippen molar-refractivity contribution in [1.82, 2.24) is 9.97 Å². The molecule has 0 spiro atoms. The molecule has 17 heavy (non-hydrogen) atoms. The second-order valence-corrected chi connectivity index (χ2v) is 3.67. The zero-order valence-corrected chi connectivity index (χ0v) is 9.30. The molecule has 0 aliphatic rings. The van der Waals surface area contributed by atoms with Crippen molar-refractivity contribution < 1.29 is 5.11 Å². The van der Waals surface area contributed by atoms with Crippen molar-refractivity contribution in [1.29, 1.82) is 0 Å². The molecule has 2 rings (SSSR count). The summed E-state index contributed by atoms with van der Waals surface area (Å²) in [6.45, 7) is 0.751. The van der Waals surface area contributed by atoms with Gasteiger partial charge in [0.2, 0.25) is 0 Å². The molecule has 5 nitrogen and oxygen atoms in total. The summed E-state index contributed by atoms with van der Waals surface area (Å²) in [5.41, 5.74) is 6.69. The second kappa shape index (κ2) is 5.16. The molecule has 1 heterocycles. The van der Waals surface area contributed by atoms with Crippen molar-refractivity contribution in [3.8, 4) is 5.75 Å². The van der Waals surface area contributed by atoms with E-state index in [2.05, 4.69) is 15.3 Å². The number of nitrogen functional groups attached to an aromatic ring is 1. The van der Waals surface area contributed by atoms with Crippen molar-refractivity contribution in [2.75, 3.05) is 17.6 Å². The van der Waals surface area contributed by atoms with E-state index in [1.165, 1.54) is 6.33 Å². The first-order valence-corrected chi connectivity index (χ1v) is 5.33. The van der Waals surface area contributed by atoms with E-state index in [0.717, 1.165) is 24.3 Å². The molecule has 0 aliphatic heterocycles. The minimum Gasteiger partial charge on any atom is -0.508 e. The van der Waals surface area contributed by atoms with Gasteiger partial charge in [-0.2, -0.15) is 0 Å². The largest absolute Gasteiger partial charge is 0.508 e. The van der Waals surface area contributed by atoms with Gasteiger partial charge in [-0.15, -0.1) is 0 Å². The lowest BCUT2D eigenvalue weighted by Crippen LogP contribution is -2.07. The van der Waals surface area contributed by atoms with Gasteiger partial charge in [0.25, 0.3) is 0 Å². The summed E-state index contributed by atoms with van der Waals surface area (Å²) in [5.74, 6) is 1.45. The highest BCUT2D eigenvalue weighted by molar-refractivity contribution is 5.43. The number of anilines is 2. The summed E-state index contributed by atoms with van der Waals surface area (Å²) in [4.78, 5) is 7.86. The number of benzene rings is 1. The van der Waals surface area contributed by atoms with Crippen LogP contribution < -0.4 is 11.1 Å². The predicted molar refractivity (Wildman–Crippen MR) is 66.7 cm³/mol. The van der Waals surface area contributed by atoms with Gasteiger partial charge in [0, 0.05) is 12.6 Å². The second-order valence-electron chi connectivity index (χ2n) is 3.67. The molecule has 88 valence electrons. The molecule has 2 aromatic rings. The topological polar surface area (TPSA) is 84.1 Å². The van der Waals surface area contributed by atoms with E-state index < -0.39 is 0 Å². The number of hydrogen-bond donors (Lipinski definition) is 3. The lowest BCUT2D eigenvalue weighted by atomic mass is 10.1. The van der Waals surface area contributed by atoms with E-state index in [1.54, 1.807) is 18.2 Å². The number of hydrogen-bond acceptors (Lipinski definition) is 5. The standard InChI is InChI=1S/C12H14N4O/c13-11-7-12(16-8-15-11)14-6-5-9-1-3-10(17)4-2-9/h1-4,7-8,17H,5-6H2,(H3,13,14,15,16). The highest BCUT2D eigenvalue weighted by Crippen LogP contribution is 2.10. The summed E-state index contributed by atoms with van der Waals surface area (Å²) in [6.07, 6.45) is 2.28. The molecular weight excluding hydrogens is 216 g/mol. The highest BCUT2D eigenvalue weighted by atomic mass is 16.3. The molecule has 5 heteroatoms. The number of nitrogens with two attached hydrogens (primary N) is 1. The molecule has 0 radical (unpaired) electrons. The van der Waals surface area contributed by atoms with Crippen LogP contribution in [0.1, 0.15) is 5.56 Å². The maximum Gasteiger partial charge on any atom is 0.131 e. The van der Waals surface area contributed by atoms with E-state index in [4.69, 9.17) is 10.8 Å². The summed E-state index contributed by atoms with van der Waals surface area (Å²) in [7, 11) is 0. The Morgan fingerprint density at radius 2 is 1.94 bits per heavy atom. The number of nitrogens with zero attached hydrogens (tertiary/aromatic N) is 2. The van der Waals surface area contributed by atoms with Crippen molar-refractivity contribution >= 4 is 11.6 Å². The minimum atomic E-state index is 0.283. The third-order valence-electron chi connectivity index (χ3n) is 2.34. The van der Waals surface area contributed by atoms with Crippen LogP contribution in [0, 0.1) is 0 Å². The smallest absolute Gasteiger partial charge is 0.131 e. The number of aromatic nitrogens is 2. The zero-order chi connectivity index (χ0) is 12.1. The maximum absolute atomic E-state index is 9.14. The minimum absolute atomic E-state index is 0.283. The molecule has 4 N–H and O–H groups in total. The van der Waals surface area contributed by atoms with Crippen LogP contribution in [-0.4, -0.2) is 21.6 Å². The van der Waals surface area contributed by atoms with Crippen LogP contribution in [-0.2, 0) is 6.42 Å². The van der Waals surface area contributed by atoms with E-state index in [-0.39, 0.29) is 5.75 Å². The quantitative estimate of drug-likeness (QED) is 0.739. The van der Waals surface area contributed by atoms with Crippen molar-refractivity contribution in [3.05, 3.63) is 42.2 Å². The van der Waals surface area contributed by atoms with E-state index in [1.807, 2.05) is 12.1 Å². The van der Waals surface area contributed by atoms with Crippen LogP contribution in [0.4, 0.5) is 11.6 Å². The van der Waals surface area contributed by atoms with Gasteiger partial charge in [-0.05, 0) is 24.1 Å². The third kappa shape index (κ3) is 3.34. The fourth-order valence-corrected chi connectivity index (χ4v) is 1.47. The molecule has 1 aromatic heterocycles. The molecule has 0 saturated heterocycles. The monoisotopic (exact) mass is 230 g/mol. The number of phenols is 1. The Labute approximate surface area is 99.3 Å². The Hall–Kier alpha value is -2.30.